The van der Waals surface area contributed by atoms with Crippen molar-refractivity contribution in [3.8, 4) is 0 Å². The first-order chi connectivity index (χ1) is 14.0. The molecule has 0 radical (unpaired) electrons. The highest BCUT2D eigenvalue weighted by Gasteiger charge is 2.45. The van der Waals surface area contributed by atoms with Crippen molar-refractivity contribution in [2.24, 2.45) is 5.92 Å². The molecule has 0 aromatic heterocycles. The van der Waals surface area contributed by atoms with Crippen molar-refractivity contribution in [1.82, 2.24) is 5.32 Å². The van der Waals surface area contributed by atoms with Gasteiger partial charge in [-0.3, -0.25) is 9.59 Å². The normalized spacial score (nSPS) is 24.0. The molecule has 3 unspecified atom stereocenters. The van der Waals surface area contributed by atoms with Crippen molar-refractivity contribution in [2.45, 2.75) is 31.6 Å². The molecule has 0 amide bonds. The summed E-state index contributed by atoms with van der Waals surface area (Å²) in [6, 6.07) is 18.1. The number of rotatable bonds is 3. The van der Waals surface area contributed by atoms with E-state index in [4.69, 9.17) is 4.74 Å². The van der Waals surface area contributed by atoms with Gasteiger partial charge in [0.2, 0.25) is 0 Å². The summed E-state index contributed by atoms with van der Waals surface area (Å²) in [5, 5.41) is 3.29. The number of aryl methyl sites for hydroxylation is 1. The summed E-state index contributed by atoms with van der Waals surface area (Å²) in [4.78, 5) is 26.0. The Balaban J connectivity index is 1.80. The number of Topliss-reactive ketones (excluding diaryl/α,β-unsaturated/α-hetero) is 1. The predicted molar refractivity (Wildman–Crippen MR) is 112 cm³/mol. The van der Waals surface area contributed by atoms with Crippen LogP contribution in [0, 0.1) is 12.8 Å². The molecule has 4 rings (SSSR count). The van der Waals surface area contributed by atoms with Gasteiger partial charge in [0.1, 0.15) is 5.92 Å². The van der Waals surface area contributed by atoms with E-state index in [-0.39, 0.29) is 23.6 Å². The lowest BCUT2D eigenvalue weighted by Crippen LogP contribution is -2.42. The fraction of sp³-hybridized carbons (Fsp3) is 0.280. The van der Waals surface area contributed by atoms with Gasteiger partial charge in [-0.25, -0.2) is 0 Å². The molecule has 1 aliphatic carbocycles. The van der Waals surface area contributed by atoms with Gasteiger partial charge >= 0.3 is 5.97 Å². The van der Waals surface area contributed by atoms with Crippen molar-refractivity contribution in [1.29, 1.82) is 0 Å². The first-order valence-corrected chi connectivity index (χ1v) is 9.91. The van der Waals surface area contributed by atoms with Crippen LogP contribution in [-0.4, -0.2) is 18.9 Å². The first kappa shape index (κ1) is 19.2. The average Bonchev–Trinajstić information content (AvgIpc) is 2.73. The second-order valence-corrected chi connectivity index (χ2v) is 7.87. The van der Waals surface area contributed by atoms with E-state index in [1.807, 2.05) is 49.4 Å². The van der Waals surface area contributed by atoms with Crippen LogP contribution in [0.5, 0.6) is 0 Å². The lowest BCUT2D eigenvalue weighted by Gasteiger charge is -2.40. The van der Waals surface area contributed by atoms with Crippen molar-refractivity contribution >= 4 is 11.8 Å². The van der Waals surface area contributed by atoms with Crippen LogP contribution in [0.2, 0.25) is 0 Å². The number of methoxy groups -OCH3 is 1. The van der Waals surface area contributed by atoms with Gasteiger partial charge in [-0.05, 0) is 30.4 Å². The number of nitrogens with one attached hydrogen (secondary N) is 1. The third-order valence-electron chi connectivity index (χ3n) is 6.00. The Morgan fingerprint density at radius 3 is 2.38 bits per heavy atom. The molecular formula is C25H25NO3. The molecule has 2 aliphatic rings. The summed E-state index contributed by atoms with van der Waals surface area (Å²) in [6.45, 7) is 6.13. The number of carbonyl (C=O) groups excluding carboxylic acids is 2. The highest BCUT2D eigenvalue weighted by molar-refractivity contribution is 6.01. The molecule has 0 saturated heterocycles. The van der Waals surface area contributed by atoms with Gasteiger partial charge in [0.15, 0.2) is 5.78 Å². The Morgan fingerprint density at radius 1 is 1.03 bits per heavy atom. The Hall–Kier alpha value is -3.14. The minimum absolute atomic E-state index is 0.0829. The molecule has 1 N–H and O–H groups in total. The summed E-state index contributed by atoms with van der Waals surface area (Å²) in [5.41, 5.74) is 5.39. The molecule has 29 heavy (non-hydrogen) atoms. The lowest BCUT2D eigenvalue weighted by atomic mass is 9.69. The Bertz CT molecular complexity index is 988. The molecule has 0 spiro atoms. The molecule has 148 valence electrons. The smallest absolute Gasteiger partial charge is 0.315 e. The average molecular weight is 387 g/mol. The quantitative estimate of drug-likeness (QED) is 0.794. The monoisotopic (exact) mass is 387 g/mol. The van der Waals surface area contributed by atoms with Crippen molar-refractivity contribution in [3.05, 3.63) is 94.8 Å². The van der Waals surface area contributed by atoms with Gasteiger partial charge in [-0.15, -0.1) is 0 Å². The Morgan fingerprint density at radius 2 is 1.72 bits per heavy atom. The van der Waals surface area contributed by atoms with Gasteiger partial charge in [-0.1, -0.05) is 66.7 Å². The molecule has 1 aliphatic heterocycles. The van der Waals surface area contributed by atoms with Crippen LogP contribution in [0.3, 0.4) is 0 Å². The molecule has 0 saturated carbocycles. The maximum absolute atomic E-state index is 13.3. The van der Waals surface area contributed by atoms with E-state index in [1.165, 1.54) is 7.11 Å². The lowest BCUT2D eigenvalue weighted by molar-refractivity contribution is -0.144. The molecule has 2 aromatic rings. The Labute approximate surface area is 171 Å². The van der Waals surface area contributed by atoms with Gasteiger partial charge < -0.3 is 10.1 Å². The van der Waals surface area contributed by atoms with Gasteiger partial charge in [0.05, 0.1) is 7.11 Å². The topological polar surface area (TPSA) is 55.4 Å². The predicted octanol–water partition coefficient (Wildman–Crippen LogP) is 4.39. The van der Waals surface area contributed by atoms with E-state index in [1.54, 1.807) is 0 Å². The first-order valence-electron chi connectivity index (χ1n) is 9.91. The number of carbonyl (C=O) groups is 2. The van der Waals surface area contributed by atoms with E-state index < -0.39 is 5.92 Å². The van der Waals surface area contributed by atoms with Gasteiger partial charge in [-0.2, -0.15) is 0 Å². The van der Waals surface area contributed by atoms with Crippen LogP contribution in [-0.2, 0) is 14.3 Å². The zero-order chi connectivity index (χ0) is 20.5. The SMILES string of the molecule is C=C1NC2=C(C(=O)CC(c3ccccc3)C2)C(c2ccc(C)cc2)C1C(=O)OC. The number of benzene rings is 2. The van der Waals surface area contributed by atoms with E-state index in [0.717, 1.165) is 28.8 Å². The van der Waals surface area contributed by atoms with Crippen LogP contribution in [0.4, 0.5) is 0 Å². The molecule has 4 nitrogen and oxygen atoms in total. The largest absolute Gasteiger partial charge is 0.468 e. The van der Waals surface area contributed by atoms with Crippen molar-refractivity contribution in [3.63, 3.8) is 0 Å². The standard InChI is InChI=1S/C25H25NO3/c1-15-9-11-18(12-10-15)23-22(25(28)29-3)16(2)26-20-13-19(14-21(27)24(20)23)17-7-5-4-6-8-17/h4-12,19,22-23,26H,2,13-14H2,1,3H3. The zero-order valence-corrected chi connectivity index (χ0v) is 16.8. The van der Waals surface area contributed by atoms with Crippen LogP contribution >= 0.6 is 0 Å². The molecule has 4 heteroatoms. The molecule has 3 atom stereocenters. The summed E-state index contributed by atoms with van der Waals surface area (Å²) < 4.78 is 5.07. The third-order valence-corrected chi connectivity index (χ3v) is 6.00. The number of ketones is 1. The van der Waals surface area contributed by atoms with E-state index >= 15 is 0 Å². The fourth-order valence-electron chi connectivity index (χ4n) is 4.55. The summed E-state index contributed by atoms with van der Waals surface area (Å²) in [5.74, 6) is -1.18. The van der Waals surface area contributed by atoms with Crippen molar-refractivity contribution < 1.29 is 14.3 Å². The van der Waals surface area contributed by atoms with E-state index in [9.17, 15) is 9.59 Å². The molecule has 1 heterocycles. The molecule has 0 fully saturated rings. The van der Waals surface area contributed by atoms with Gasteiger partial charge in [0, 0.05) is 29.3 Å². The van der Waals surface area contributed by atoms with E-state index in [2.05, 4.69) is 24.0 Å². The second kappa shape index (κ2) is 7.70. The highest BCUT2D eigenvalue weighted by atomic mass is 16.5. The molecular weight excluding hydrogens is 362 g/mol. The fourth-order valence-corrected chi connectivity index (χ4v) is 4.55. The number of esters is 1. The maximum atomic E-state index is 13.3. The number of allylic oxidation sites excluding steroid dienone is 2. The second-order valence-electron chi connectivity index (χ2n) is 7.87. The highest BCUT2D eigenvalue weighted by Crippen LogP contribution is 2.47. The molecule has 2 aromatic carbocycles. The van der Waals surface area contributed by atoms with Crippen LogP contribution in [0.25, 0.3) is 0 Å². The number of hydrogen-bond donors (Lipinski definition) is 1. The van der Waals surface area contributed by atoms with Crippen LogP contribution in [0.1, 0.15) is 41.4 Å². The zero-order valence-electron chi connectivity index (χ0n) is 16.8. The maximum Gasteiger partial charge on any atom is 0.315 e. The number of ether oxygens (including phenoxy) is 1. The summed E-state index contributed by atoms with van der Waals surface area (Å²) >= 11 is 0. The minimum atomic E-state index is -0.626. The van der Waals surface area contributed by atoms with Crippen LogP contribution in [0.15, 0.2) is 78.1 Å². The minimum Gasteiger partial charge on any atom is -0.468 e. The Kier molecular flexibility index (Phi) is 5.10. The summed E-state index contributed by atoms with van der Waals surface area (Å²) in [6.07, 6.45) is 1.16. The van der Waals surface area contributed by atoms with Gasteiger partial charge in [0.25, 0.3) is 0 Å². The number of hydrogen-bond acceptors (Lipinski definition) is 4. The summed E-state index contributed by atoms with van der Waals surface area (Å²) in [7, 11) is 1.37. The third kappa shape index (κ3) is 3.51. The van der Waals surface area contributed by atoms with Crippen LogP contribution < -0.4 is 5.32 Å². The molecule has 0 bridgehead atoms. The van der Waals surface area contributed by atoms with E-state index in [0.29, 0.717) is 17.7 Å². The van der Waals surface area contributed by atoms with Crippen molar-refractivity contribution in [2.75, 3.05) is 7.11 Å².